The number of benzene rings is 2. The maximum atomic E-state index is 10.9. The topological polar surface area (TPSA) is 128 Å². The van der Waals surface area contributed by atoms with Crippen molar-refractivity contribution in [2.24, 2.45) is 18.6 Å². The Kier molecular flexibility index (Phi) is 4.97. The van der Waals surface area contributed by atoms with E-state index in [9.17, 15) is 4.79 Å². The van der Waals surface area contributed by atoms with Crippen LogP contribution < -0.4 is 21.7 Å². The van der Waals surface area contributed by atoms with Gasteiger partial charge in [-0.15, -0.1) is 0 Å². The van der Waals surface area contributed by atoms with E-state index >= 15 is 0 Å². The molecule has 3 rings (SSSR count). The number of hydrogen-bond donors (Lipinski definition) is 4. The lowest BCUT2D eigenvalue weighted by Crippen LogP contribution is -2.31. The number of aliphatic carboxylic acids is 1. The van der Waals surface area contributed by atoms with E-state index in [0.29, 0.717) is 5.75 Å². The number of nitrogens with two attached hydrogens (primary N) is 2. The van der Waals surface area contributed by atoms with E-state index in [4.69, 9.17) is 21.4 Å². The molecule has 0 aliphatic heterocycles. The second-order valence-corrected chi connectivity index (χ2v) is 5.61. The van der Waals surface area contributed by atoms with E-state index < -0.39 is 11.7 Å². The van der Waals surface area contributed by atoms with Gasteiger partial charge >= 0.3 is 5.97 Å². The van der Waals surface area contributed by atoms with Crippen LogP contribution in [0.4, 0.5) is 0 Å². The highest BCUT2D eigenvalue weighted by atomic mass is 16.5. The number of aromatic nitrogens is 2. The van der Waals surface area contributed by atoms with Gasteiger partial charge in [-0.3, -0.25) is 10.1 Å². The summed E-state index contributed by atoms with van der Waals surface area (Å²) in [6.07, 6.45) is 1.80. The van der Waals surface area contributed by atoms with E-state index in [0.717, 1.165) is 22.0 Å². The van der Waals surface area contributed by atoms with Gasteiger partial charge in [-0.05, 0) is 42.5 Å². The highest BCUT2D eigenvalue weighted by Gasteiger charge is 2.12. The second-order valence-electron chi connectivity index (χ2n) is 5.61. The Morgan fingerprint density at radius 1 is 1.19 bits per heavy atom. The number of hydrazine groups is 1. The average molecular weight is 363 g/mol. The molecule has 0 aliphatic rings. The Hall–Kier alpha value is -3.96. The van der Waals surface area contributed by atoms with E-state index in [-0.39, 0.29) is 5.88 Å². The lowest BCUT2D eigenvalue weighted by Gasteiger charge is -2.10. The van der Waals surface area contributed by atoms with Crippen LogP contribution in [-0.4, -0.2) is 20.9 Å². The summed E-state index contributed by atoms with van der Waals surface area (Å²) in [7, 11) is 1.89. The molecule has 0 atom stereocenters. The van der Waals surface area contributed by atoms with Crippen LogP contribution in [0.15, 0.2) is 60.2 Å². The van der Waals surface area contributed by atoms with Gasteiger partial charge in [0.15, 0.2) is 5.70 Å². The summed E-state index contributed by atoms with van der Waals surface area (Å²) in [4.78, 5) is 10.9. The zero-order valence-electron chi connectivity index (χ0n) is 14.4. The first kappa shape index (κ1) is 17.8. The third-order valence-electron chi connectivity index (χ3n) is 3.78. The lowest BCUT2D eigenvalue weighted by atomic mass is 10.1. The van der Waals surface area contributed by atoms with Gasteiger partial charge in [0.25, 0.3) is 0 Å². The molecule has 1 aromatic heterocycles. The summed E-state index contributed by atoms with van der Waals surface area (Å²) < 4.78 is 7.14. The maximum absolute atomic E-state index is 10.9. The molecule has 0 bridgehead atoms. The smallest absolute Gasteiger partial charge is 0.357 e. The van der Waals surface area contributed by atoms with Crippen molar-refractivity contribution in [2.45, 2.75) is 0 Å². The molecule has 2 aromatic carbocycles. The van der Waals surface area contributed by atoms with Gasteiger partial charge in [-0.25, -0.2) is 10.6 Å². The first-order valence-electron chi connectivity index (χ1n) is 7.89. The van der Waals surface area contributed by atoms with Crippen molar-refractivity contribution in [2.75, 3.05) is 0 Å². The van der Waals surface area contributed by atoms with Crippen LogP contribution in [0.3, 0.4) is 0 Å². The molecule has 0 saturated carbocycles. The maximum Gasteiger partial charge on any atom is 0.357 e. The van der Waals surface area contributed by atoms with Gasteiger partial charge < -0.3 is 15.6 Å². The summed E-state index contributed by atoms with van der Waals surface area (Å²) in [6, 6.07) is 12.7. The standard InChI is InChI=1S/C19H17N5O3/c1-24-16-9-6-13(10-14(16)11-22-24)3-2-12-4-7-15(8-5-12)27-18(23-21)17(20)19(25)26/h4-11,23H,20-21H2,1H3,(H,25,26)/b18-17+. The van der Waals surface area contributed by atoms with Crippen molar-refractivity contribution in [3.8, 4) is 17.6 Å². The average Bonchev–Trinajstić information content (AvgIpc) is 3.05. The van der Waals surface area contributed by atoms with Crippen molar-refractivity contribution < 1.29 is 14.6 Å². The zero-order valence-corrected chi connectivity index (χ0v) is 14.4. The summed E-state index contributed by atoms with van der Waals surface area (Å²) in [5.41, 5.74) is 9.68. The molecular formula is C19H17N5O3. The Labute approximate surface area is 155 Å². The molecule has 0 saturated heterocycles. The summed E-state index contributed by atoms with van der Waals surface area (Å²) in [5.74, 6) is 10.2. The van der Waals surface area contributed by atoms with Crippen LogP contribution in [0.5, 0.6) is 5.75 Å². The number of fused-ring (bicyclic) bond motifs is 1. The molecule has 27 heavy (non-hydrogen) atoms. The number of ether oxygens (including phenoxy) is 1. The number of nitrogens with one attached hydrogen (secondary N) is 1. The first-order valence-corrected chi connectivity index (χ1v) is 7.89. The van der Waals surface area contributed by atoms with Gasteiger partial charge in [0, 0.05) is 23.6 Å². The number of carboxylic acids is 1. The van der Waals surface area contributed by atoms with Crippen LogP contribution in [0.2, 0.25) is 0 Å². The number of aryl methyl sites for hydroxylation is 1. The van der Waals surface area contributed by atoms with Crippen LogP contribution in [0.25, 0.3) is 10.9 Å². The fourth-order valence-corrected chi connectivity index (χ4v) is 2.37. The summed E-state index contributed by atoms with van der Waals surface area (Å²) in [6.45, 7) is 0. The quantitative estimate of drug-likeness (QED) is 0.179. The van der Waals surface area contributed by atoms with Gasteiger partial charge in [-0.2, -0.15) is 5.10 Å². The number of carboxylic acid groups (broad SMARTS) is 1. The molecule has 0 unspecified atom stereocenters. The van der Waals surface area contributed by atoms with E-state index in [2.05, 4.69) is 22.4 Å². The predicted molar refractivity (Wildman–Crippen MR) is 99.9 cm³/mol. The summed E-state index contributed by atoms with van der Waals surface area (Å²) in [5, 5.41) is 14.1. The molecule has 136 valence electrons. The van der Waals surface area contributed by atoms with Gasteiger partial charge in [-0.1, -0.05) is 11.8 Å². The van der Waals surface area contributed by atoms with Crippen LogP contribution >= 0.6 is 0 Å². The molecule has 0 radical (unpaired) electrons. The largest absolute Gasteiger partial charge is 0.476 e. The number of rotatable bonds is 4. The Morgan fingerprint density at radius 2 is 1.85 bits per heavy atom. The van der Waals surface area contributed by atoms with Crippen molar-refractivity contribution in [3.63, 3.8) is 0 Å². The highest BCUT2D eigenvalue weighted by Crippen LogP contribution is 2.16. The van der Waals surface area contributed by atoms with Crippen LogP contribution in [-0.2, 0) is 11.8 Å². The zero-order chi connectivity index (χ0) is 19.4. The van der Waals surface area contributed by atoms with E-state index in [1.165, 1.54) is 0 Å². The molecule has 0 aliphatic carbocycles. The predicted octanol–water partition coefficient (Wildman–Crippen LogP) is 1.03. The van der Waals surface area contributed by atoms with Crippen LogP contribution in [0, 0.1) is 11.8 Å². The monoisotopic (exact) mass is 363 g/mol. The van der Waals surface area contributed by atoms with Gasteiger partial charge in [0.05, 0.1) is 11.7 Å². The minimum absolute atomic E-state index is 0.244. The molecule has 0 amide bonds. The minimum Gasteiger partial charge on any atom is -0.476 e. The third kappa shape index (κ3) is 4.00. The normalized spacial score (nSPS) is 11.3. The number of hydrogen-bond acceptors (Lipinski definition) is 6. The Balaban J connectivity index is 1.77. The fraction of sp³-hybridized carbons (Fsp3) is 0.0526. The first-order chi connectivity index (χ1) is 13.0. The van der Waals surface area contributed by atoms with Gasteiger partial charge in [0.1, 0.15) is 5.75 Å². The molecular weight excluding hydrogens is 346 g/mol. The Bertz CT molecular complexity index is 1090. The van der Waals surface area contributed by atoms with Crippen molar-refractivity contribution >= 4 is 16.9 Å². The fourth-order valence-electron chi connectivity index (χ4n) is 2.37. The van der Waals surface area contributed by atoms with Crippen molar-refractivity contribution in [3.05, 3.63) is 71.4 Å². The molecule has 8 heteroatoms. The lowest BCUT2D eigenvalue weighted by molar-refractivity contribution is -0.132. The Morgan fingerprint density at radius 3 is 2.52 bits per heavy atom. The highest BCUT2D eigenvalue weighted by molar-refractivity contribution is 5.85. The third-order valence-corrected chi connectivity index (χ3v) is 3.78. The molecule has 1 heterocycles. The molecule has 6 N–H and O–H groups in total. The molecule has 3 aromatic rings. The van der Waals surface area contributed by atoms with Gasteiger partial charge in [0.2, 0.25) is 5.88 Å². The minimum atomic E-state index is -1.34. The van der Waals surface area contributed by atoms with E-state index in [1.54, 1.807) is 35.1 Å². The van der Waals surface area contributed by atoms with E-state index in [1.807, 2.05) is 25.2 Å². The second kappa shape index (κ2) is 7.51. The molecule has 0 fully saturated rings. The molecule has 0 spiro atoms. The molecule has 8 nitrogen and oxygen atoms in total. The van der Waals surface area contributed by atoms with Crippen molar-refractivity contribution in [1.29, 1.82) is 0 Å². The van der Waals surface area contributed by atoms with Crippen molar-refractivity contribution in [1.82, 2.24) is 15.2 Å². The number of nitrogens with zero attached hydrogens (tertiary/aromatic N) is 2. The van der Waals surface area contributed by atoms with Crippen LogP contribution in [0.1, 0.15) is 11.1 Å². The number of carbonyl (C=O) groups is 1. The SMILES string of the molecule is Cn1ncc2cc(C#Cc3ccc(O/C(NN)=C(/N)C(=O)O)cc3)ccc21. The summed E-state index contributed by atoms with van der Waals surface area (Å²) >= 11 is 0.